The summed E-state index contributed by atoms with van der Waals surface area (Å²) in [5.41, 5.74) is 5.49. The van der Waals surface area contributed by atoms with Crippen LogP contribution in [0.2, 0.25) is 0 Å². The van der Waals surface area contributed by atoms with E-state index in [1.54, 1.807) is 0 Å². The van der Waals surface area contributed by atoms with Crippen molar-refractivity contribution in [2.45, 2.75) is 51.4 Å². The van der Waals surface area contributed by atoms with Gasteiger partial charge in [-0.05, 0) is 74.0 Å². The quantitative estimate of drug-likeness (QED) is 0.514. The van der Waals surface area contributed by atoms with E-state index in [1.807, 2.05) is 0 Å². The fourth-order valence-corrected chi connectivity index (χ4v) is 3.83. The van der Waals surface area contributed by atoms with Gasteiger partial charge in [0.15, 0.2) is 0 Å². The van der Waals surface area contributed by atoms with Crippen LogP contribution in [0.3, 0.4) is 0 Å². The lowest BCUT2D eigenvalue weighted by atomic mass is 9.77. The van der Waals surface area contributed by atoms with Gasteiger partial charge in [0.2, 0.25) is 0 Å². The zero-order valence-electron chi connectivity index (χ0n) is 14.3. The van der Waals surface area contributed by atoms with Gasteiger partial charge in [-0.1, -0.05) is 60.2 Å². The van der Waals surface area contributed by atoms with Crippen LogP contribution in [0.25, 0.3) is 11.1 Å². The van der Waals surface area contributed by atoms with Gasteiger partial charge in [-0.2, -0.15) is 0 Å². The highest BCUT2D eigenvalue weighted by atomic mass is 14.3. The second-order valence-electron chi connectivity index (χ2n) is 7.07. The highest BCUT2D eigenvalue weighted by Gasteiger charge is 2.21. The van der Waals surface area contributed by atoms with E-state index >= 15 is 0 Å². The first kappa shape index (κ1) is 16.1. The maximum absolute atomic E-state index is 3.85. The van der Waals surface area contributed by atoms with E-state index < -0.39 is 0 Å². The molecule has 1 aliphatic rings. The summed E-state index contributed by atoms with van der Waals surface area (Å²) in [6.45, 7) is 5.98. The van der Waals surface area contributed by atoms with E-state index in [2.05, 4.69) is 68.1 Å². The molecule has 0 amide bonds. The molecule has 0 atom stereocenters. The summed E-state index contributed by atoms with van der Waals surface area (Å²) in [7, 11) is 0. The van der Waals surface area contributed by atoms with Crippen LogP contribution >= 0.6 is 0 Å². The van der Waals surface area contributed by atoms with Gasteiger partial charge in [0, 0.05) is 1.43 Å². The van der Waals surface area contributed by atoms with Crippen molar-refractivity contribution < 1.29 is 1.43 Å². The van der Waals surface area contributed by atoms with Crippen LogP contribution in [-0.4, -0.2) is 0 Å². The monoisotopic (exact) mass is 306 g/mol. The summed E-state index contributed by atoms with van der Waals surface area (Å²) < 4.78 is 0. The van der Waals surface area contributed by atoms with Crippen molar-refractivity contribution in [2.24, 2.45) is 5.92 Å². The first-order valence-corrected chi connectivity index (χ1v) is 9.04. The Morgan fingerprint density at radius 1 is 0.913 bits per heavy atom. The van der Waals surface area contributed by atoms with E-state index in [0.717, 1.165) is 11.8 Å². The van der Waals surface area contributed by atoms with Crippen molar-refractivity contribution in [3.63, 3.8) is 0 Å². The Balaban J connectivity index is 0.00000208. The van der Waals surface area contributed by atoms with Gasteiger partial charge in [-0.25, -0.2) is 0 Å². The fourth-order valence-electron chi connectivity index (χ4n) is 3.83. The molecule has 23 heavy (non-hydrogen) atoms. The summed E-state index contributed by atoms with van der Waals surface area (Å²) in [4.78, 5) is 0. The maximum Gasteiger partial charge on any atom is 0 e. The van der Waals surface area contributed by atoms with Crippen molar-refractivity contribution in [3.05, 3.63) is 72.3 Å². The number of allylic oxidation sites excluding steroid dienone is 1. The molecule has 0 spiro atoms. The molecule has 122 valence electrons. The highest BCUT2D eigenvalue weighted by Crippen LogP contribution is 2.38. The van der Waals surface area contributed by atoms with Crippen LogP contribution in [-0.2, 0) is 0 Å². The molecule has 1 aliphatic carbocycles. The molecular formula is C23H30. The minimum absolute atomic E-state index is 0. The van der Waals surface area contributed by atoms with E-state index in [1.165, 1.54) is 60.8 Å². The zero-order valence-corrected chi connectivity index (χ0v) is 14.3. The molecule has 1 saturated carbocycles. The SMILES string of the molecule is C=CCCC1CCC(c2ccc(-c3ccc(C)cc3)cc2)CC1.[HH]. The summed E-state index contributed by atoms with van der Waals surface area (Å²) >= 11 is 0. The third-order valence-corrected chi connectivity index (χ3v) is 5.39. The molecule has 1 fully saturated rings. The van der Waals surface area contributed by atoms with Crippen molar-refractivity contribution in [1.82, 2.24) is 0 Å². The number of rotatable bonds is 5. The first-order valence-electron chi connectivity index (χ1n) is 9.04. The molecule has 0 heterocycles. The molecule has 3 rings (SSSR count). The van der Waals surface area contributed by atoms with Crippen LogP contribution in [0, 0.1) is 12.8 Å². The molecule has 0 saturated heterocycles. The number of benzene rings is 2. The summed E-state index contributed by atoms with van der Waals surface area (Å²) in [5.74, 6) is 1.69. The molecule has 0 bridgehead atoms. The lowest BCUT2D eigenvalue weighted by Crippen LogP contribution is -2.13. The number of aryl methyl sites for hydroxylation is 1. The summed E-state index contributed by atoms with van der Waals surface area (Å²) in [5, 5.41) is 0. The van der Waals surface area contributed by atoms with Crippen molar-refractivity contribution in [3.8, 4) is 11.1 Å². The van der Waals surface area contributed by atoms with E-state index in [4.69, 9.17) is 0 Å². The summed E-state index contributed by atoms with van der Waals surface area (Å²) in [6, 6.07) is 18.1. The molecule has 0 radical (unpaired) electrons. The summed E-state index contributed by atoms with van der Waals surface area (Å²) in [6.07, 6.45) is 10.1. The highest BCUT2D eigenvalue weighted by molar-refractivity contribution is 5.64. The first-order chi connectivity index (χ1) is 11.3. The van der Waals surface area contributed by atoms with E-state index in [0.29, 0.717) is 0 Å². The Morgan fingerprint density at radius 3 is 2.04 bits per heavy atom. The molecule has 0 aromatic heterocycles. The van der Waals surface area contributed by atoms with Crippen molar-refractivity contribution in [2.75, 3.05) is 0 Å². The third-order valence-electron chi connectivity index (χ3n) is 5.39. The van der Waals surface area contributed by atoms with Crippen LogP contribution in [0.5, 0.6) is 0 Å². The number of hydrogen-bond acceptors (Lipinski definition) is 0. The Labute approximate surface area is 142 Å². The number of hydrogen-bond donors (Lipinski definition) is 0. The second-order valence-corrected chi connectivity index (χ2v) is 7.07. The molecule has 0 nitrogen and oxygen atoms in total. The normalized spacial score (nSPS) is 21.1. The van der Waals surface area contributed by atoms with E-state index in [-0.39, 0.29) is 1.43 Å². The average molecular weight is 306 g/mol. The van der Waals surface area contributed by atoms with Crippen LogP contribution in [0.1, 0.15) is 57.0 Å². The fraction of sp³-hybridized carbons (Fsp3) is 0.391. The Morgan fingerprint density at radius 2 is 1.48 bits per heavy atom. The molecule has 0 N–H and O–H groups in total. The van der Waals surface area contributed by atoms with Gasteiger partial charge in [-0.3, -0.25) is 0 Å². The largest absolute Gasteiger partial charge is 0.103 e. The van der Waals surface area contributed by atoms with Gasteiger partial charge < -0.3 is 0 Å². The lowest BCUT2D eigenvalue weighted by molar-refractivity contribution is 0.312. The third kappa shape index (κ3) is 4.13. The van der Waals surface area contributed by atoms with Crippen molar-refractivity contribution in [1.29, 1.82) is 0 Å². The topological polar surface area (TPSA) is 0 Å². The Bertz CT molecular complexity index is 616. The Hall–Kier alpha value is -1.82. The molecular weight excluding hydrogens is 276 g/mol. The minimum atomic E-state index is 0. The predicted octanol–water partition coefficient (Wildman–Crippen LogP) is 7.15. The minimum Gasteiger partial charge on any atom is -0.103 e. The van der Waals surface area contributed by atoms with Gasteiger partial charge in [0.1, 0.15) is 0 Å². The van der Waals surface area contributed by atoms with Crippen LogP contribution in [0.4, 0.5) is 0 Å². The zero-order chi connectivity index (χ0) is 16.1. The Kier molecular flexibility index (Phi) is 5.33. The molecule has 2 aromatic carbocycles. The van der Waals surface area contributed by atoms with Crippen LogP contribution < -0.4 is 0 Å². The molecule has 2 aromatic rings. The molecule has 0 unspecified atom stereocenters. The van der Waals surface area contributed by atoms with Crippen LogP contribution in [0.15, 0.2) is 61.2 Å². The predicted molar refractivity (Wildman–Crippen MR) is 103 cm³/mol. The van der Waals surface area contributed by atoms with Gasteiger partial charge in [-0.15, -0.1) is 6.58 Å². The second kappa shape index (κ2) is 7.64. The standard InChI is InChI=1S/C23H28.H2/c1-3-4-5-19-8-12-21(13-9-19)23-16-14-22(15-17-23)20-10-6-18(2)7-11-20;/h3,6-7,10-11,14-17,19,21H,1,4-5,8-9,12-13H2,2H3;1H. The molecule has 0 heteroatoms. The average Bonchev–Trinajstić information content (AvgIpc) is 2.61. The molecule has 0 aliphatic heterocycles. The maximum atomic E-state index is 3.85. The lowest BCUT2D eigenvalue weighted by Gasteiger charge is -2.28. The van der Waals surface area contributed by atoms with Crippen molar-refractivity contribution >= 4 is 0 Å². The van der Waals surface area contributed by atoms with Gasteiger partial charge in [0.25, 0.3) is 0 Å². The van der Waals surface area contributed by atoms with E-state index in [9.17, 15) is 0 Å². The van der Waals surface area contributed by atoms with Gasteiger partial charge >= 0.3 is 0 Å². The smallest absolute Gasteiger partial charge is 0 e. The van der Waals surface area contributed by atoms with Gasteiger partial charge in [0.05, 0.1) is 0 Å².